The first-order valence-corrected chi connectivity index (χ1v) is 15.1. The highest BCUT2D eigenvalue weighted by Gasteiger charge is 2.44. The van der Waals surface area contributed by atoms with Crippen LogP contribution in [0.2, 0.25) is 0 Å². The molecule has 0 bridgehead atoms. The van der Waals surface area contributed by atoms with Gasteiger partial charge in [0.2, 0.25) is 0 Å². The third-order valence-electron chi connectivity index (χ3n) is 6.99. The molecule has 6 atom stereocenters. The van der Waals surface area contributed by atoms with Crippen molar-refractivity contribution in [1.29, 1.82) is 0 Å². The van der Waals surface area contributed by atoms with E-state index in [1.165, 1.54) is 44.9 Å². The van der Waals surface area contributed by atoms with Crippen LogP contribution in [0.15, 0.2) is 0 Å². The van der Waals surface area contributed by atoms with Crippen molar-refractivity contribution in [2.75, 3.05) is 19.8 Å². The van der Waals surface area contributed by atoms with Gasteiger partial charge in [-0.15, -0.1) is 0 Å². The van der Waals surface area contributed by atoms with E-state index >= 15 is 0 Å². The fourth-order valence-corrected chi connectivity index (χ4v) is 4.48. The zero-order valence-corrected chi connectivity index (χ0v) is 24.1. The van der Waals surface area contributed by atoms with E-state index in [4.69, 9.17) is 18.9 Å². The number of aliphatic hydroxyl groups excluding tert-OH is 4. The number of hydrogen-bond acceptors (Lipinski definition) is 10. The van der Waals surface area contributed by atoms with Crippen LogP contribution in [0.25, 0.3) is 0 Å². The van der Waals surface area contributed by atoms with E-state index in [0.717, 1.165) is 38.5 Å². The van der Waals surface area contributed by atoms with E-state index < -0.39 is 49.4 Å². The Hall–Kier alpha value is -1.30. The lowest BCUT2D eigenvalue weighted by molar-refractivity contribution is -0.305. The van der Waals surface area contributed by atoms with Crippen LogP contribution in [0.3, 0.4) is 0 Å². The van der Waals surface area contributed by atoms with E-state index in [0.29, 0.717) is 6.42 Å². The highest BCUT2D eigenvalue weighted by Crippen LogP contribution is 2.22. The standard InChI is InChI=1S/C29H54O10/c1-3-5-7-9-10-11-12-13-14-16-17-24(31)36-20-22(38-25(32)18-15-8-6-4-2)21-37-29-28(35)27(34)26(33)23(19-30)39-29/h22-23,26-30,33-35H,3-21H2,1-2H3/t22-,23-,26+,27+,28-,29-/m1/s1. The van der Waals surface area contributed by atoms with Gasteiger partial charge in [-0.3, -0.25) is 9.59 Å². The molecule has 10 heteroatoms. The molecular formula is C29H54O10. The Bertz CT molecular complexity index is 629. The third-order valence-corrected chi connectivity index (χ3v) is 6.99. The molecule has 4 N–H and O–H groups in total. The van der Waals surface area contributed by atoms with Crippen molar-refractivity contribution < 1.29 is 49.0 Å². The second-order valence-electron chi connectivity index (χ2n) is 10.6. The topological polar surface area (TPSA) is 152 Å². The lowest BCUT2D eigenvalue weighted by atomic mass is 9.99. The monoisotopic (exact) mass is 562 g/mol. The molecule has 0 radical (unpaired) electrons. The first-order chi connectivity index (χ1) is 18.8. The largest absolute Gasteiger partial charge is 0.462 e. The number of hydrogen-bond donors (Lipinski definition) is 4. The van der Waals surface area contributed by atoms with Gasteiger partial charge >= 0.3 is 11.9 Å². The zero-order chi connectivity index (χ0) is 28.9. The number of carbonyl (C=O) groups excluding carboxylic acids is 2. The molecule has 0 unspecified atom stereocenters. The molecule has 230 valence electrons. The summed E-state index contributed by atoms with van der Waals surface area (Å²) in [5.41, 5.74) is 0. The summed E-state index contributed by atoms with van der Waals surface area (Å²) in [7, 11) is 0. The lowest BCUT2D eigenvalue weighted by Gasteiger charge is -2.39. The molecule has 0 saturated carbocycles. The van der Waals surface area contributed by atoms with Crippen molar-refractivity contribution in [1.82, 2.24) is 0 Å². The molecule has 10 nitrogen and oxygen atoms in total. The summed E-state index contributed by atoms with van der Waals surface area (Å²) in [5, 5.41) is 39.4. The molecule has 1 fully saturated rings. The van der Waals surface area contributed by atoms with Gasteiger partial charge in [0.1, 0.15) is 31.0 Å². The fraction of sp³-hybridized carbons (Fsp3) is 0.931. The number of carbonyl (C=O) groups is 2. The van der Waals surface area contributed by atoms with Crippen molar-refractivity contribution in [2.45, 2.75) is 153 Å². The molecule has 1 aliphatic heterocycles. The summed E-state index contributed by atoms with van der Waals surface area (Å²) in [6.07, 6.45) is 7.69. The Labute approximate surface area is 234 Å². The van der Waals surface area contributed by atoms with E-state index in [9.17, 15) is 30.0 Å². The Morgan fingerprint density at radius 3 is 1.77 bits per heavy atom. The smallest absolute Gasteiger partial charge is 0.306 e. The molecule has 39 heavy (non-hydrogen) atoms. The second-order valence-corrected chi connectivity index (χ2v) is 10.6. The Kier molecular flexibility index (Phi) is 20.5. The van der Waals surface area contributed by atoms with Crippen LogP contribution in [0, 0.1) is 0 Å². The van der Waals surface area contributed by atoms with Crippen molar-refractivity contribution in [3.63, 3.8) is 0 Å². The summed E-state index contributed by atoms with van der Waals surface area (Å²) in [5.74, 6) is -0.828. The molecule has 0 aromatic rings. The van der Waals surface area contributed by atoms with Gasteiger partial charge in [0, 0.05) is 12.8 Å². The third kappa shape index (κ3) is 15.9. The lowest BCUT2D eigenvalue weighted by Crippen LogP contribution is -2.59. The predicted molar refractivity (Wildman–Crippen MR) is 146 cm³/mol. The predicted octanol–water partition coefficient (Wildman–Crippen LogP) is 3.54. The van der Waals surface area contributed by atoms with Gasteiger partial charge in [-0.25, -0.2) is 0 Å². The van der Waals surface area contributed by atoms with Crippen LogP contribution >= 0.6 is 0 Å². The molecule has 0 aromatic heterocycles. The highest BCUT2D eigenvalue weighted by molar-refractivity contribution is 5.70. The molecular weight excluding hydrogens is 508 g/mol. The number of esters is 2. The van der Waals surface area contributed by atoms with Gasteiger partial charge in [0.25, 0.3) is 0 Å². The van der Waals surface area contributed by atoms with Crippen LogP contribution < -0.4 is 0 Å². The maximum absolute atomic E-state index is 12.3. The normalized spacial score (nSPS) is 23.9. The summed E-state index contributed by atoms with van der Waals surface area (Å²) in [6, 6.07) is 0. The van der Waals surface area contributed by atoms with Crippen LogP contribution in [-0.4, -0.2) is 89.0 Å². The van der Waals surface area contributed by atoms with Gasteiger partial charge in [0.15, 0.2) is 12.4 Å². The van der Waals surface area contributed by atoms with Crippen molar-refractivity contribution in [3.05, 3.63) is 0 Å². The maximum Gasteiger partial charge on any atom is 0.306 e. The number of aliphatic hydroxyl groups is 4. The molecule has 1 rings (SSSR count). The van der Waals surface area contributed by atoms with Crippen LogP contribution in [-0.2, 0) is 28.5 Å². The average Bonchev–Trinajstić information content (AvgIpc) is 2.93. The molecule has 0 aromatic carbocycles. The maximum atomic E-state index is 12.3. The molecule has 0 amide bonds. The van der Waals surface area contributed by atoms with E-state index in [2.05, 4.69) is 13.8 Å². The molecule has 0 spiro atoms. The van der Waals surface area contributed by atoms with Gasteiger partial charge in [-0.1, -0.05) is 90.9 Å². The molecule has 1 aliphatic rings. The molecule has 0 aliphatic carbocycles. The molecule has 1 saturated heterocycles. The van der Waals surface area contributed by atoms with Gasteiger partial charge < -0.3 is 39.4 Å². The minimum Gasteiger partial charge on any atom is -0.462 e. The number of unbranched alkanes of at least 4 members (excludes halogenated alkanes) is 12. The Morgan fingerprint density at radius 1 is 0.692 bits per heavy atom. The fourth-order valence-electron chi connectivity index (χ4n) is 4.48. The minimum atomic E-state index is -1.58. The van der Waals surface area contributed by atoms with Gasteiger partial charge in [0.05, 0.1) is 13.2 Å². The quantitative estimate of drug-likeness (QED) is 0.107. The van der Waals surface area contributed by atoms with E-state index in [1.54, 1.807) is 0 Å². The van der Waals surface area contributed by atoms with Crippen molar-refractivity contribution in [3.8, 4) is 0 Å². The van der Waals surface area contributed by atoms with Crippen LogP contribution in [0.5, 0.6) is 0 Å². The number of rotatable bonds is 23. The minimum absolute atomic E-state index is 0.214. The van der Waals surface area contributed by atoms with Gasteiger partial charge in [-0.05, 0) is 12.8 Å². The zero-order valence-electron chi connectivity index (χ0n) is 24.1. The Balaban J connectivity index is 2.45. The summed E-state index contributed by atoms with van der Waals surface area (Å²) < 4.78 is 21.7. The summed E-state index contributed by atoms with van der Waals surface area (Å²) >= 11 is 0. The SMILES string of the molecule is CCCCCCCCCCCCC(=O)OC[C@H](CO[C@@H]1O[C@H](CO)[C@H](O)[C@H](O)[C@H]1O)OC(=O)CCCCCC. The Morgan fingerprint density at radius 2 is 1.21 bits per heavy atom. The van der Waals surface area contributed by atoms with E-state index in [-0.39, 0.29) is 32.0 Å². The first kappa shape index (κ1) is 35.7. The van der Waals surface area contributed by atoms with Gasteiger partial charge in [-0.2, -0.15) is 0 Å². The van der Waals surface area contributed by atoms with Crippen LogP contribution in [0.1, 0.15) is 117 Å². The second kappa shape index (κ2) is 22.4. The highest BCUT2D eigenvalue weighted by atomic mass is 16.7. The van der Waals surface area contributed by atoms with Crippen molar-refractivity contribution in [2.24, 2.45) is 0 Å². The molecule has 1 heterocycles. The first-order valence-electron chi connectivity index (χ1n) is 15.1. The van der Waals surface area contributed by atoms with E-state index in [1.807, 2.05) is 0 Å². The van der Waals surface area contributed by atoms with Crippen molar-refractivity contribution >= 4 is 11.9 Å². The van der Waals surface area contributed by atoms with Crippen LogP contribution in [0.4, 0.5) is 0 Å². The average molecular weight is 563 g/mol. The summed E-state index contributed by atoms with van der Waals surface area (Å²) in [6.45, 7) is 3.22. The summed E-state index contributed by atoms with van der Waals surface area (Å²) in [4.78, 5) is 24.6. The number of ether oxygens (including phenoxy) is 4.